The van der Waals surface area contributed by atoms with E-state index in [1.54, 1.807) is 18.2 Å². The van der Waals surface area contributed by atoms with Crippen LogP contribution in [0.4, 0.5) is 0 Å². The maximum absolute atomic E-state index is 11.8. The summed E-state index contributed by atoms with van der Waals surface area (Å²) in [6, 6.07) is 11.1. The van der Waals surface area contributed by atoms with Crippen molar-refractivity contribution in [2.45, 2.75) is 13.8 Å². The van der Waals surface area contributed by atoms with Gasteiger partial charge in [0.2, 0.25) is 0 Å². The Labute approximate surface area is 164 Å². The standard InChI is InChI=1S/C21H23ClO5/c1-4-25-19-14-16(13-18(22)21(19)24-3)7-10-20(23)27-12-11-26-17-8-5-15(2)6-9-17/h5-10,13-14H,4,11-12H2,1-3H3/b10-7+. The predicted molar refractivity (Wildman–Crippen MR) is 106 cm³/mol. The molecule has 2 rings (SSSR count). The molecule has 2 aromatic carbocycles. The van der Waals surface area contributed by atoms with Crippen LogP contribution < -0.4 is 14.2 Å². The normalized spacial score (nSPS) is 10.7. The molecule has 5 nitrogen and oxygen atoms in total. The Morgan fingerprint density at radius 1 is 1.11 bits per heavy atom. The summed E-state index contributed by atoms with van der Waals surface area (Å²) in [4.78, 5) is 11.8. The first-order chi connectivity index (χ1) is 13.0. The molecule has 0 atom stereocenters. The van der Waals surface area contributed by atoms with E-state index in [4.69, 9.17) is 30.5 Å². The quantitative estimate of drug-likeness (QED) is 0.353. The number of ether oxygens (including phenoxy) is 4. The van der Waals surface area contributed by atoms with Gasteiger partial charge < -0.3 is 18.9 Å². The van der Waals surface area contributed by atoms with Crippen LogP contribution in [0.5, 0.6) is 17.2 Å². The summed E-state index contributed by atoms with van der Waals surface area (Å²) >= 11 is 6.18. The molecular formula is C21H23ClO5. The largest absolute Gasteiger partial charge is 0.491 e. The fourth-order valence-electron chi connectivity index (χ4n) is 2.29. The Morgan fingerprint density at radius 2 is 1.85 bits per heavy atom. The molecule has 27 heavy (non-hydrogen) atoms. The van der Waals surface area contributed by atoms with Crippen molar-refractivity contribution in [1.29, 1.82) is 0 Å². The van der Waals surface area contributed by atoms with E-state index in [0.717, 1.165) is 11.3 Å². The second-order valence-corrected chi connectivity index (χ2v) is 6.04. The summed E-state index contributed by atoms with van der Waals surface area (Å²) in [6.07, 6.45) is 2.94. The highest BCUT2D eigenvalue weighted by molar-refractivity contribution is 6.32. The van der Waals surface area contributed by atoms with Crippen LogP contribution in [-0.2, 0) is 9.53 Å². The van der Waals surface area contributed by atoms with Crippen molar-refractivity contribution in [3.63, 3.8) is 0 Å². The molecule has 0 amide bonds. The van der Waals surface area contributed by atoms with Crippen LogP contribution in [-0.4, -0.2) is 32.9 Å². The summed E-state index contributed by atoms with van der Waals surface area (Å²) < 4.78 is 21.4. The summed E-state index contributed by atoms with van der Waals surface area (Å²) in [5.41, 5.74) is 1.86. The van der Waals surface area contributed by atoms with Crippen LogP contribution in [0.25, 0.3) is 6.08 Å². The zero-order chi connectivity index (χ0) is 19.6. The second kappa shape index (κ2) is 10.5. The molecule has 0 aromatic heterocycles. The van der Waals surface area contributed by atoms with E-state index in [-0.39, 0.29) is 13.2 Å². The second-order valence-electron chi connectivity index (χ2n) is 5.63. The number of methoxy groups -OCH3 is 1. The summed E-state index contributed by atoms with van der Waals surface area (Å²) in [5, 5.41) is 0.406. The number of halogens is 1. The maximum Gasteiger partial charge on any atom is 0.330 e. The monoisotopic (exact) mass is 390 g/mol. The number of carbonyl (C=O) groups is 1. The number of carbonyl (C=O) groups excluding carboxylic acids is 1. The van der Waals surface area contributed by atoms with E-state index in [1.165, 1.54) is 13.2 Å². The van der Waals surface area contributed by atoms with Crippen molar-refractivity contribution in [2.24, 2.45) is 0 Å². The highest BCUT2D eigenvalue weighted by atomic mass is 35.5. The molecule has 144 valence electrons. The lowest BCUT2D eigenvalue weighted by molar-refractivity contribution is -0.138. The fourth-order valence-corrected chi connectivity index (χ4v) is 2.59. The van der Waals surface area contributed by atoms with Crippen LogP contribution in [0.3, 0.4) is 0 Å². The molecule has 0 saturated heterocycles. The van der Waals surface area contributed by atoms with E-state index in [2.05, 4.69) is 0 Å². The van der Waals surface area contributed by atoms with Gasteiger partial charge in [0, 0.05) is 6.08 Å². The molecule has 0 saturated carbocycles. The Balaban J connectivity index is 1.85. The lowest BCUT2D eigenvalue weighted by atomic mass is 10.2. The van der Waals surface area contributed by atoms with Gasteiger partial charge in [0.1, 0.15) is 19.0 Å². The molecular weight excluding hydrogens is 368 g/mol. The maximum atomic E-state index is 11.8. The molecule has 0 aliphatic rings. The minimum Gasteiger partial charge on any atom is -0.491 e. The van der Waals surface area contributed by atoms with Gasteiger partial charge in [-0.3, -0.25) is 0 Å². The minimum atomic E-state index is -0.465. The van der Waals surface area contributed by atoms with Gasteiger partial charge in [-0.05, 0) is 49.8 Å². The van der Waals surface area contributed by atoms with Crippen molar-refractivity contribution >= 4 is 23.6 Å². The van der Waals surface area contributed by atoms with Gasteiger partial charge >= 0.3 is 5.97 Å². The lowest BCUT2D eigenvalue weighted by Gasteiger charge is -2.11. The number of hydrogen-bond donors (Lipinski definition) is 0. The Morgan fingerprint density at radius 3 is 2.52 bits per heavy atom. The van der Waals surface area contributed by atoms with Gasteiger partial charge in [-0.2, -0.15) is 0 Å². The molecule has 2 aromatic rings. The van der Waals surface area contributed by atoms with Gasteiger partial charge in [-0.1, -0.05) is 29.3 Å². The van der Waals surface area contributed by atoms with E-state index < -0.39 is 5.97 Å². The van der Waals surface area contributed by atoms with Crippen molar-refractivity contribution in [1.82, 2.24) is 0 Å². The molecule has 0 bridgehead atoms. The minimum absolute atomic E-state index is 0.157. The van der Waals surface area contributed by atoms with E-state index >= 15 is 0 Å². The smallest absolute Gasteiger partial charge is 0.330 e. The zero-order valence-electron chi connectivity index (χ0n) is 15.7. The SMILES string of the molecule is CCOc1cc(/C=C/C(=O)OCCOc2ccc(C)cc2)cc(Cl)c1OC. The van der Waals surface area contributed by atoms with Crippen LogP contribution in [0.2, 0.25) is 5.02 Å². The Hall–Kier alpha value is -2.66. The first-order valence-corrected chi connectivity index (χ1v) is 8.96. The van der Waals surface area contributed by atoms with E-state index in [9.17, 15) is 4.79 Å². The number of benzene rings is 2. The van der Waals surface area contributed by atoms with Crippen LogP contribution >= 0.6 is 11.6 Å². The van der Waals surface area contributed by atoms with Crippen molar-refractivity contribution in [3.8, 4) is 17.2 Å². The number of rotatable bonds is 9. The summed E-state index contributed by atoms with van der Waals surface area (Å²) in [6.45, 7) is 4.79. The van der Waals surface area contributed by atoms with Gasteiger partial charge in [0.25, 0.3) is 0 Å². The molecule has 0 unspecified atom stereocenters. The van der Waals surface area contributed by atoms with Crippen LogP contribution in [0.1, 0.15) is 18.1 Å². The molecule has 0 fully saturated rings. The summed E-state index contributed by atoms with van der Waals surface area (Å²) in [5.74, 6) is 1.26. The van der Waals surface area contributed by atoms with Gasteiger partial charge in [0.15, 0.2) is 11.5 Å². The Kier molecular flexibility index (Phi) is 8.01. The molecule has 0 heterocycles. The third kappa shape index (κ3) is 6.53. The highest BCUT2D eigenvalue weighted by Crippen LogP contribution is 2.36. The predicted octanol–water partition coefficient (Wildman–Crippen LogP) is 4.69. The van der Waals surface area contributed by atoms with Crippen LogP contribution in [0, 0.1) is 6.92 Å². The first-order valence-electron chi connectivity index (χ1n) is 8.58. The third-order valence-corrected chi connectivity index (χ3v) is 3.85. The fraction of sp³-hybridized carbons (Fsp3) is 0.286. The van der Waals surface area contributed by atoms with Crippen molar-refractivity contribution in [2.75, 3.05) is 26.9 Å². The zero-order valence-corrected chi connectivity index (χ0v) is 16.4. The molecule has 0 aliphatic carbocycles. The lowest BCUT2D eigenvalue weighted by Crippen LogP contribution is -2.10. The molecule has 6 heteroatoms. The molecule has 0 N–H and O–H groups in total. The van der Waals surface area contributed by atoms with Crippen molar-refractivity contribution in [3.05, 3.63) is 58.6 Å². The Bertz CT molecular complexity index is 784. The van der Waals surface area contributed by atoms with Gasteiger partial charge in [-0.15, -0.1) is 0 Å². The number of aryl methyl sites for hydroxylation is 1. The number of esters is 1. The highest BCUT2D eigenvalue weighted by Gasteiger charge is 2.10. The van der Waals surface area contributed by atoms with E-state index in [1.807, 2.05) is 38.1 Å². The van der Waals surface area contributed by atoms with Gasteiger partial charge in [0.05, 0.1) is 18.7 Å². The molecule has 0 radical (unpaired) electrons. The first kappa shape index (κ1) is 20.6. The molecule has 0 spiro atoms. The average molecular weight is 391 g/mol. The summed E-state index contributed by atoms with van der Waals surface area (Å²) in [7, 11) is 1.52. The average Bonchev–Trinajstić information content (AvgIpc) is 2.65. The van der Waals surface area contributed by atoms with Gasteiger partial charge in [-0.25, -0.2) is 4.79 Å². The third-order valence-electron chi connectivity index (χ3n) is 3.57. The molecule has 0 aliphatic heterocycles. The van der Waals surface area contributed by atoms with Crippen LogP contribution in [0.15, 0.2) is 42.5 Å². The number of hydrogen-bond acceptors (Lipinski definition) is 5. The van der Waals surface area contributed by atoms with E-state index in [0.29, 0.717) is 28.7 Å². The topological polar surface area (TPSA) is 54.0 Å². The van der Waals surface area contributed by atoms with Crippen molar-refractivity contribution < 1.29 is 23.7 Å².